The number of nitrogens with one attached hydrogen (secondary N) is 3. The Balaban J connectivity index is 1.89. The van der Waals surface area contributed by atoms with Gasteiger partial charge < -0.3 is 16.0 Å². The van der Waals surface area contributed by atoms with E-state index in [0.29, 0.717) is 16.9 Å². The van der Waals surface area contributed by atoms with Crippen LogP contribution in [0, 0.1) is 0 Å². The number of benzene rings is 2. The summed E-state index contributed by atoms with van der Waals surface area (Å²) in [6, 6.07) is 13.8. The largest absolute Gasteiger partial charge is 0.376 e. The third-order valence-corrected chi connectivity index (χ3v) is 3.21. The van der Waals surface area contributed by atoms with Crippen molar-refractivity contribution in [1.82, 2.24) is 0 Å². The molecule has 0 radical (unpaired) electrons. The average Bonchev–Trinajstić information content (AvgIpc) is 2.53. The fourth-order valence-corrected chi connectivity index (χ4v) is 2.09. The monoisotopic (exact) mass is 325 g/mol. The smallest absolute Gasteiger partial charge is 0.243 e. The van der Waals surface area contributed by atoms with E-state index in [9.17, 15) is 14.4 Å². The molecular weight excluding hydrogens is 306 g/mol. The zero-order valence-corrected chi connectivity index (χ0v) is 13.6. The molecule has 6 nitrogen and oxygen atoms in total. The zero-order chi connectivity index (χ0) is 17.5. The van der Waals surface area contributed by atoms with Gasteiger partial charge in [0.1, 0.15) is 0 Å². The van der Waals surface area contributed by atoms with Crippen LogP contribution in [0.5, 0.6) is 0 Å². The Hall–Kier alpha value is -3.15. The van der Waals surface area contributed by atoms with Gasteiger partial charge in [0.2, 0.25) is 11.8 Å². The molecule has 0 fully saturated rings. The second-order valence-electron chi connectivity index (χ2n) is 5.30. The van der Waals surface area contributed by atoms with Gasteiger partial charge in [-0.15, -0.1) is 0 Å². The third-order valence-electron chi connectivity index (χ3n) is 3.21. The van der Waals surface area contributed by atoms with Gasteiger partial charge in [0.25, 0.3) is 0 Å². The highest BCUT2D eigenvalue weighted by molar-refractivity contribution is 5.96. The highest BCUT2D eigenvalue weighted by atomic mass is 16.2. The minimum atomic E-state index is -0.217. The van der Waals surface area contributed by atoms with Crippen molar-refractivity contribution in [3.8, 4) is 0 Å². The lowest BCUT2D eigenvalue weighted by molar-refractivity contribution is -0.115. The van der Waals surface area contributed by atoms with Crippen molar-refractivity contribution in [2.75, 3.05) is 22.5 Å². The van der Waals surface area contributed by atoms with Crippen molar-refractivity contribution >= 4 is 34.7 Å². The maximum atomic E-state index is 12.0. The number of anilines is 3. The van der Waals surface area contributed by atoms with Gasteiger partial charge in [-0.05, 0) is 49.4 Å². The predicted octanol–water partition coefficient (Wildman–Crippen LogP) is 2.90. The predicted molar refractivity (Wildman–Crippen MR) is 94.3 cm³/mol. The summed E-state index contributed by atoms with van der Waals surface area (Å²) in [6.45, 7) is 3.02. The van der Waals surface area contributed by atoms with Crippen LogP contribution in [-0.4, -0.2) is 24.1 Å². The highest BCUT2D eigenvalue weighted by Gasteiger charge is 2.04. The quantitative estimate of drug-likeness (QED) is 0.713. The van der Waals surface area contributed by atoms with Crippen molar-refractivity contribution in [2.24, 2.45) is 0 Å². The van der Waals surface area contributed by atoms with Gasteiger partial charge in [0.15, 0.2) is 5.78 Å². The van der Waals surface area contributed by atoms with E-state index in [1.807, 2.05) is 0 Å². The summed E-state index contributed by atoms with van der Waals surface area (Å²) in [6.07, 6.45) is 0. The van der Waals surface area contributed by atoms with Crippen LogP contribution < -0.4 is 16.0 Å². The number of amides is 2. The SMILES string of the molecule is CC(=O)Nc1cccc(NC(=O)CNc2ccc(C(C)=O)cc2)c1. The first-order chi connectivity index (χ1) is 11.4. The van der Waals surface area contributed by atoms with Crippen LogP contribution in [0.2, 0.25) is 0 Å². The summed E-state index contributed by atoms with van der Waals surface area (Å²) in [7, 11) is 0. The fraction of sp³-hybridized carbons (Fsp3) is 0.167. The van der Waals surface area contributed by atoms with E-state index in [1.165, 1.54) is 13.8 Å². The van der Waals surface area contributed by atoms with Crippen molar-refractivity contribution in [1.29, 1.82) is 0 Å². The highest BCUT2D eigenvalue weighted by Crippen LogP contribution is 2.15. The topological polar surface area (TPSA) is 87.3 Å². The molecule has 2 aromatic rings. The molecule has 0 aliphatic carbocycles. The lowest BCUT2D eigenvalue weighted by Crippen LogP contribution is -2.21. The third kappa shape index (κ3) is 5.24. The molecule has 2 amide bonds. The molecule has 3 N–H and O–H groups in total. The van der Waals surface area contributed by atoms with E-state index in [4.69, 9.17) is 0 Å². The van der Waals surface area contributed by atoms with E-state index in [1.54, 1.807) is 48.5 Å². The normalized spacial score (nSPS) is 9.92. The molecule has 0 saturated heterocycles. The van der Waals surface area contributed by atoms with Crippen LogP contribution in [-0.2, 0) is 9.59 Å². The standard InChI is InChI=1S/C18H19N3O3/c1-12(22)14-6-8-15(9-7-14)19-11-18(24)21-17-5-3-4-16(10-17)20-13(2)23/h3-10,19H,11H2,1-2H3,(H,20,23)(H,21,24). The molecule has 124 valence electrons. The zero-order valence-electron chi connectivity index (χ0n) is 13.6. The van der Waals surface area contributed by atoms with Crippen molar-refractivity contribution in [3.05, 3.63) is 54.1 Å². The van der Waals surface area contributed by atoms with Gasteiger partial charge in [0, 0.05) is 29.5 Å². The first-order valence-electron chi connectivity index (χ1n) is 7.46. The molecule has 0 aliphatic heterocycles. The number of carbonyl (C=O) groups excluding carboxylic acids is 3. The van der Waals surface area contributed by atoms with E-state index >= 15 is 0 Å². The average molecular weight is 325 g/mol. The molecule has 0 saturated carbocycles. The van der Waals surface area contributed by atoms with Crippen molar-refractivity contribution in [3.63, 3.8) is 0 Å². The molecule has 0 unspecified atom stereocenters. The van der Waals surface area contributed by atoms with Crippen LogP contribution >= 0.6 is 0 Å². The maximum absolute atomic E-state index is 12.0. The second kappa shape index (κ2) is 7.92. The summed E-state index contributed by atoms with van der Waals surface area (Å²) in [5.74, 6) is -0.391. The Kier molecular flexibility index (Phi) is 5.68. The van der Waals surface area contributed by atoms with E-state index in [2.05, 4.69) is 16.0 Å². The summed E-state index contributed by atoms with van der Waals surface area (Å²) in [5.41, 5.74) is 2.59. The lowest BCUT2D eigenvalue weighted by Gasteiger charge is -2.09. The van der Waals surface area contributed by atoms with Gasteiger partial charge in [-0.1, -0.05) is 6.07 Å². The van der Waals surface area contributed by atoms with Gasteiger partial charge in [-0.25, -0.2) is 0 Å². The Morgan fingerprint density at radius 2 is 1.46 bits per heavy atom. The molecule has 0 spiro atoms. The van der Waals surface area contributed by atoms with E-state index < -0.39 is 0 Å². The lowest BCUT2D eigenvalue weighted by atomic mass is 10.1. The van der Waals surface area contributed by atoms with Crippen LogP contribution in [0.4, 0.5) is 17.1 Å². The number of hydrogen-bond acceptors (Lipinski definition) is 4. The van der Waals surface area contributed by atoms with Gasteiger partial charge in [-0.2, -0.15) is 0 Å². The summed E-state index contributed by atoms with van der Waals surface area (Å²) in [4.78, 5) is 34.2. The minimum Gasteiger partial charge on any atom is -0.376 e. The van der Waals surface area contributed by atoms with Crippen LogP contribution in [0.15, 0.2) is 48.5 Å². The van der Waals surface area contributed by atoms with Crippen molar-refractivity contribution < 1.29 is 14.4 Å². The second-order valence-corrected chi connectivity index (χ2v) is 5.30. The first kappa shape index (κ1) is 17.2. The first-order valence-corrected chi connectivity index (χ1v) is 7.46. The molecule has 24 heavy (non-hydrogen) atoms. The van der Waals surface area contributed by atoms with Gasteiger partial charge in [0.05, 0.1) is 6.54 Å². The molecule has 0 aliphatic rings. The number of hydrogen-bond donors (Lipinski definition) is 3. The Labute approximate surface area is 140 Å². The number of carbonyl (C=O) groups is 3. The van der Waals surface area contributed by atoms with Gasteiger partial charge in [-0.3, -0.25) is 14.4 Å². The molecular formula is C18H19N3O3. The van der Waals surface area contributed by atoms with Crippen molar-refractivity contribution in [2.45, 2.75) is 13.8 Å². The number of Topliss-reactive ketones (excluding diaryl/α,β-unsaturated/α-hetero) is 1. The number of ketones is 1. The minimum absolute atomic E-state index is 0.00153. The Morgan fingerprint density at radius 3 is 2.04 bits per heavy atom. The molecule has 0 aromatic heterocycles. The van der Waals surface area contributed by atoms with Crippen LogP contribution in [0.1, 0.15) is 24.2 Å². The molecule has 2 aromatic carbocycles. The molecule has 0 heterocycles. The fourth-order valence-electron chi connectivity index (χ4n) is 2.09. The maximum Gasteiger partial charge on any atom is 0.243 e. The Bertz CT molecular complexity index is 754. The molecule has 6 heteroatoms. The number of rotatable bonds is 6. The van der Waals surface area contributed by atoms with E-state index in [0.717, 1.165) is 5.69 Å². The summed E-state index contributed by atoms with van der Waals surface area (Å²) in [5, 5.41) is 8.39. The summed E-state index contributed by atoms with van der Waals surface area (Å²) < 4.78 is 0. The van der Waals surface area contributed by atoms with Crippen LogP contribution in [0.25, 0.3) is 0 Å². The molecule has 0 bridgehead atoms. The Morgan fingerprint density at radius 1 is 0.833 bits per heavy atom. The molecule has 0 atom stereocenters. The van der Waals surface area contributed by atoms with E-state index in [-0.39, 0.29) is 24.1 Å². The van der Waals surface area contributed by atoms with Gasteiger partial charge >= 0.3 is 0 Å². The molecule has 2 rings (SSSR count). The van der Waals surface area contributed by atoms with Crippen LogP contribution in [0.3, 0.4) is 0 Å². The summed E-state index contributed by atoms with van der Waals surface area (Å²) >= 11 is 0.